The molecular weight excluding hydrogens is 165 g/mol. The highest BCUT2D eigenvalue weighted by Gasteiger charge is 2.25. The zero-order valence-corrected chi connectivity index (χ0v) is 7.83. The van der Waals surface area contributed by atoms with E-state index in [1.807, 2.05) is 0 Å². The van der Waals surface area contributed by atoms with Gasteiger partial charge in [0, 0.05) is 19.6 Å². The van der Waals surface area contributed by atoms with Crippen molar-refractivity contribution in [2.45, 2.75) is 19.6 Å². The Hall–Kier alpha value is -0.890. The molecular formula is C11H14FN. The lowest BCUT2D eigenvalue weighted by Gasteiger charge is -2.34. The highest BCUT2D eigenvalue weighted by molar-refractivity contribution is 5.22. The third kappa shape index (κ3) is 2.07. The van der Waals surface area contributed by atoms with Gasteiger partial charge in [-0.15, -0.1) is 0 Å². The van der Waals surface area contributed by atoms with Gasteiger partial charge in [0.25, 0.3) is 0 Å². The quantitative estimate of drug-likeness (QED) is 0.672. The fraction of sp³-hybridized carbons (Fsp3) is 0.455. The van der Waals surface area contributed by atoms with Crippen molar-refractivity contribution in [2.24, 2.45) is 0 Å². The van der Waals surface area contributed by atoms with Crippen molar-refractivity contribution < 1.29 is 4.39 Å². The number of halogens is 1. The van der Waals surface area contributed by atoms with Gasteiger partial charge in [-0.3, -0.25) is 4.90 Å². The molecule has 13 heavy (non-hydrogen) atoms. The summed E-state index contributed by atoms with van der Waals surface area (Å²) >= 11 is 0. The van der Waals surface area contributed by atoms with Gasteiger partial charge in [-0.05, 0) is 12.5 Å². The molecule has 1 aliphatic heterocycles. The Labute approximate surface area is 78.2 Å². The molecule has 0 amide bonds. The van der Waals surface area contributed by atoms with Gasteiger partial charge in [0.05, 0.1) is 0 Å². The van der Waals surface area contributed by atoms with Crippen molar-refractivity contribution in [3.63, 3.8) is 0 Å². The molecule has 2 rings (SSSR count). The van der Waals surface area contributed by atoms with Crippen LogP contribution in [0.2, 0.25) is 0 Å². The Morgan fingerprint density at radius 3 is 2.85 bits per heavy atom. The van der Waals surface area contributed by atoms with Crippen molar-refractivity contribution >= 4 is 0 Å². The zero-order valence-electron chi connectivity index (χ0n) is 7.83. The Bertz CT molecular complexity index is 292. The van der Waals surface area contributed by atoms with Crippen LogP contribution in [-0.2, 0) is 6.54 Å². The summed E-state index contributed by atoms with van der Waals surface area (Å²) in [4.78, 5) is 2.12. The van der Waals surface area contributed by atoms with E-state index < -0.39 is 6.17 Å². The van der Waals surface area contributed by atoms with Crippen LogP contribution in [0.5, 0.6) is 0 Å². The average Bonchev–Trinajstić information content (AvgIpc) is 2.01. The maximum atomic E-state index is 12.5. The summed E-state index contributed by atoms with van der Waals surface area (Å²) in [5.74, 6) is 0. The lowest BCUT2D eigenvalue weighted by atomic mass is 10.1. The van der Waals surface area contributed by atoms with E-state index in [1.54, 1.807) is 0 Å². The van der Waals surface area contributed by atoms with Crippen LogP contribution in [0.4, 0.5) is 4.39 Å². The molecule has 0 saturated carbocycles. The Balaban J connectivity index is 1.94. The van der Waals surface area contributed by atoms with E-state index in [9.17, 15) is 4.39 Å². The summed E-state index contributed by atoms with van der Waals surface area (Å²) in [6.45, 7) is 4.18. The molecule has 0 N–H and O–H groups in total. The second kappa shape index (κ2) is 3.46. The summed E-state index contributed by atoms with van der Waals surface area (Å²) in [5.41, 5.74) is 2.56. The first-order valence-electron chi connectivity index (χ1n) is 4.66. The molecule has 1 heterocycles. The number of nitrogens with zero attached hydrogens (tertiary/aromatic N) is 1. The largest absolute Gasteiger partial charge is 0.293 e. The van der Waals surface area contributed by atoms with Crippen LogP contribution in [0, 0.1) is 6.92 Å². The molecule has 1 aliphatic rings. The summed E-state index contributed by atoms with van der Waals surface area (Å²) in [6, 6.07) is 8.39. The predicted molar refractivity (Wildman–Crippen MR) is 51.4 cm³/mol. The molecule has 0 unspecified atom stereocenters. The van der Waals surface area contributed by atoms with Crippen LogP contribution >= 0.6 is 0 Å². The first-order chi connectivity index (χ1) is 6.24. The Morgan fingerprint density at radius 2 is 2.23 bits per heavy atom. The van der Waals surface area contributed by atoms with Crippen molar-refractivity contribution in [1.29, 1.82) is 0 Å². The molecule has 0 atom stereocenters. The molecule has 2 heteroatoms. The topological polar surface area (TPSA) is 3.24 Å². The molecule has 1 fully saturated rings. The summed E-state index contributed by atoms with van der Waals surface area (Å²) in [6.07, 6.45) is -0.593. The lowest BCUT2D eigenvalue weighted by molar-refractivity contribution is 0.0591. The van der Waals surface area contributed by atoms with Crippen molar-refractivity contribution in [3.05, 3.63) is 35.4 Å². The van der Waals surface area contributed by atoms with Crippen LogP contribution in [-0.4, -0.2) is 24.2 Å². The molecule has 0 spiro atoms. The average molecular weight is 179 g/mol. The number of alkyl halides is 1. The fourth-order valence-corrected chi connectivity index (χ4v) is 1.70. The van der Waals surface area contributed by atoms with E-state index in [0.717, 1.165) is 6.54 Å². The van der Waals surface area contributed by atoms with Crippen molar-refractivity contribution in [3.8, 4) is 0 Å². The third-order valence-corrected chi connectivity index (χ3v) is 2.40. The summed E-state index contributed by atoms with van der Waals surface area (Å²) in [7, 11) is 0. The molecule has 0 aromatic heterocycles. The highest BCUT2D eigenvalue weighted by Crippen LogP contribution is 2.15. The number of benzene rings is 1. The predicted octanol–water partition coefficient (Wildman–Crippen LogP) is 2.15. The van der Waals surface area contributed by atoms with Gasteiger partial charge >= 0.3 is 0 Å². The van der Waals surface area contributed by atoms with Gasteiger partial charge in [0.15, 0.2) is 0 Å². The first-order valence-corrected chi connectivity index (χ1v) is 4.66. The number of hydrogen-bond donors (Lipinski definition) is 0. The molecule has 1 saturated heterocycles. The van der Waals surface area contributed by atoms with Gasteiger partial charge in [0.2, 0.25) is 0 Å². The number of aryl methyl sites for hydroxylation is 1. The Morgan fingerprint density at radius 1 is 1.46 bits per heavy atom. The highest BCUT2D eigenvalue weighted by atomic mass is 19.1. The van der Waals surface area contributed by atoms with E-state index in [-0.39, 0.29) is 0 Å². The minimum absolute atomic E-state index is 0.593. The van der Waals surface area contributed by atoms with E-state index in [0.29, 0.717) is 13.1 Å². The van der Waals surface area contributed by atoms with Crippen molar-refractivity contribution in [1.82, 2.24) is 4.90 Å². The minimum Gasteiger partial charge on any atom is -0.293 e. The molecule has 1 nitrogen and oxygen atoms in total. The third-order valence-electron chi connectivity index (χ3n) is 2.40. The van der Waals surface area contributed by atoms with Crippen LogP contribution in [0.3, 0.4) is 0 Å². The maximum Gasteiger partial charge on any atom is 0.125 e. The van der Waals surface area contributed by atoms with Crippen LogP contribution in [0.25, 0.3) is 0 Å². The standard InChI is InChI=1S/C11H14FN/c1-9-3-2-4-10(5-9)6-13-7-11(12)8-13/h2-5,11H,6-8H2,1H3. The summed E-state index contributed by atoms with van der Waals surface area (Å²) < 4.78 is 12.5. The SMILES string of the molecule is Cc1cccc(CN2CC(F)C2)c1. The van der Waals surface area contributed by atoms with Crippen LogP contribution in [0.1, 0.15) is 11.1 Å². The van der Waals surface area contributed by atoms with Crippen LogP contribution < -0.4 is 0 Å². The van der Waals surface area contributed by atoms with E-state index in [2.05, 4.69) is 36.1 Å². The van der Waals surface area contributed by atoms with E-state index >= 15 is 0 Å². The maximum absolute atomic E-state index is 12.5. The molecule has 1 aromatic rings. The lowest BCUT2D eigenvalue weighted by Crippen LogP contribution is -2.47. The first kappa shape index (κ1) is 8.70. The summed E-state index contributed by atoms with van der Waals surface area (Å²) in [5, 5.41) is 0. The van der Waals surface area contributed by atoms with Gasteiger partial charge in [-0.25, -0.2) is 4.39 Å². The molecule has 70 valence electrons. The van der Waals surface area contributed by atoms with E-state index in [4.69, 9.17) is 0 Å². The number of hydrogen-bond acceptors (Lipinski definition) is 1. The van der Waals surface area contributed by atoms with Gasteiger partial charge in [-0.1, -0.05) is 29.8 Å². The van der Waals surface area contributed by atoms with Gasteiger partial charge in [0.1, 0.15) is 6.17 Å². The smallest absolute Gasteiger partial charge is 0.125 e. The number of rotatable bonds is 2. The minimum atomic E-state index is -0.593. The molecule has 0 aliphatic carbocycles. The molecule has 0 bridgehead atoms. The number of likely N-dealkylation sites (tertiary alicyclic amines) is 1. The fourth-order valence-electron chi connectivity index (χ4n) is 1.70. The normalized spacial score (nSPS) is 18.6. The van der Waals surface area contributed by atoms with Crippen LogP contribution in [0.15, 0.2) is 24.3 Å². The Kier molecular flexibility index (Phi) is 2.32. The second-order valence-corrected chi connectivity index (χ2v) is 3.78. The molecule has 0 radical (unpaired) electrons. The zero-order chi connectivity index (χ0) is 9.26. The molecule has 1 aromatic carbocycles. The second-order valence-electron chi connectivity index (χ2n) is 3.78. The van der Waals surface area contributed by atoms with Crippen molar-refractivity contribution in [2.75, 3.05) is 13.1 Å². The van der Waals surface area contributed by atoms with Gasteiger partial charge < -0.3 is 0 Å². The van der Waals surface area contributed by atoms with Gasteiger partial charge in [-0.2, -0.15) is 0 Å². The van der Waals surface area contributed by atoms with E-state index in [1.165, 1.54) is 11.1 Å². The monoisotopic (exact) mass is 179 g/mol.